The summed E-state index contributed by atoms with van der Waals surface area (Å²) in [4.78, 5) is 78.4. The lowest BCUT2D eigenvalue weighted by atomic mass is 9.87. The monoisotopic (exact) mass is 597 g/mol. The van der Waals surface area contributed by atoms with Crippen LogP contribution in [0.1, 0.15) is 45.1 Å². The molecule has 0 radical (unpaired) electrons. The van der Waals surface area contributed by atoms with Gasteiger partial charge in [0, 0.05) is 60.9 Å². The highest BCUT2D eigenvalue weighted by Crippen LogP contribution is 2.44. The quantitative estimate of drug-likeness (QED) is 0.209. The summed E-state index contributed by atoms with van der Waals surface area (Å²) in [6.45, 7) is 3.68. The van der Waals surface area contributed by atoms with Gasteiger partial charge >= 0.3 is 19.4 Å². The van der Waals surface area contributed by atoms with Crippen LogP contribution in [0.3, 0.4) is 0 Å². The summed E-state index contributed by atoms with van der Waals surface area (Å²) >= 11 is 0. The van der Waals surface area contributed by atoms with Gasteiger partial charge in [-0.2, -0.15) is 0 Å². The molecule has 1 aromatic carbocycles. The number of aromatic nitrogens is 1. The van der Waals surface area contributed by atoms with Crippen LogP contribution >= 0.6 is 7.82 Å². The maximum Gasteiger partial charge on any atom is 0.469 e. The Morgan fingerprint density at radius 2 is 1.74 bits per heavy atom. The molecule has 13 nitrogen and oxygen atoms in total. The van der Waals surface area contributed by atoms with Gasteiger partial charge in [-0.3, -0.25) is 19.1 Å². The normalized spacial score (nSPS) is 16.5. The second-order valence-electron chi connectivity index (χ2n) is 10.5. The second-order valence-corrected chi connectivity index (χ2v) is 11.7. The molecule has 0 atom stereocenters. The van der Waals surface area contributed by atoms with E-state index in [0.29, 0.717) is 50.5 Å². The third-order valence-electron chi connectivity index (χ3n) is 7.05. The van der Waals surface area contributed by atoms with Gasteiger partial charge in [0.2, 0.25) is 0 Å². The van der Waals surface area contributed by atoms with Crippen molar-refractivity contribution in [3.05, 3.63) is 64.8 Å². The summed E-state index contributed by atoms with van der Waals surface area (Å²) in [5.41, 5.74) is 1.66. The van der Waals surface area contributed by atoms with Crippen molar-refractivity contribution in [1.29, 1.82) is 0 Å². The Morgan fingerprint density at radius 1 is 1.07 bits per heavy atom. The number of nitrogens with zero attached hydrogens (tertiary/aromatic N) is 3. The molecule has 2 aliphatic rings. The number of benzene rings is 1. The molecular weight excluding hydrogens is 569 g/mol. The zero-order chi connectivity index (χ0) is 30.2. The summed E-state index contributed by atoms with van der Waals surface area (Å²) in [5, 5.41) is 1.08. The fraction of sp³-hybridized carbons (Fsp3) is 0.321. The maximum absolute atomic E-state index is 12.9. The first-order valence-corrected chi connectivity index (χ1v) is 14.6. The van der Waals surface area contributed by atoms with Crippen LogP contribution in [0.25, 0.3) is 27.7 Å². The number of hydrogen-bond acceptors (Lipinski definition) is 10. The Balaban J connectivity index is 1.47. The molecule has 2 aromatic heterocycles. The summed E-state index contributed by atoms with van der Waals surface area (Å²) in [7, 11) is -4.78. The Morgan fingerprint density at radius 3 is 2.40 bits per heavy atom. The number of phosphoric ester groups is 1. The van der Waals surface area contributed by atoms with Crippen LogP contribution in [-0.2, 0) is 28.3 Å². The molecule has 3 aromatic rings. The lowest BCUT2D eigenvalue weighted by Gasteiger charge is -2.43. The van der Waals surface area contributed by atoms with Gasteiger partial charge in [-0.15, -0.1) is 5.06 Å². The second kappa shape index (κ2) is 11.3. The largest absolute Gasteiger partial charge is 0.469 e. The van der Waals surface area contributed by atoms with E-state index in [0.717, 1.165) is 0 Å². The van der Waals surface area contributed by atoms with Gasteiger partial charge in [-0.1, -0.05) is 6.08 Å². The molecule has 0 bridgehead atoms. The van der Waals surface area contributed by atoms with E-state index in [4.69, 9.17) is 13.8 Å². The number of fused-ring (bicyclic) bond motifs is 2. The minimum absolute atomic E-state index is 0.000597. The lowest BCUT2D eigenvalue weighted by molar-refractivity contribution is -0.197. The first-order valence-electron chi connectivity index (χ1n) is 13.1. The summed E-state index contributed by atoms with van der Waals surface area (Å²) in [6.07, 6.45) is 5.13. The van der Waals surface area contributed by atoms with E-state index >= 15 is 0 Å². The molecule has 0 unspecified atom stereocenters. The van der Waals surface area contributed by atoms with Crippen LogP contribution in [0.4, 0.5) is 5.69 Å². The average Bonchev–Trinajstić information content (AvgIpc) is 3.24. The van der Waals surface area contributed by atoms with Crippen LogP contribution in [0.2, 0.25) is 0 Å². The van der Waals surface area contributed by atoms with Gasteiger partial charge in [0.15, 0.2) is 0 Å². The Bertz CT molecular complexity index is 1690. The molecule has 220 valence electrons. The number of imide groups is 1. The highest BCUT2D eigenvalue weighted by atomic mass is 31.2. The van der Waals surface area contributed by atoms with Crippen molar-refractivity contribution >= 4 is 47.8 Å². The van der Waals surface area contributed by atoms with E-state index in [1.54, 1.807) is 42.7 Å². The molecule has 2 amide bonds. The highest BCUT2D eigenvalue weighted by molar-refractivity contribution is 7.46. The summed E-state index contributed by atoms with van der Waals surface area (Å²) < 4.78 is 22.1. The maximum atomic E-state index is 12.9. The third kappa shape index (κ3) is 6.19. The minimum atomic E-state index is -4.78. The van der Waals surface area contributed by atoms with Crippen LogP contribution in [0.15, 0.2) is 58.0 Å². The summed E-state index contributed by atoms with van der Waals surface area (Å²) in [6, 6.07) is 8.48. The van der Waals surface area contributed by atoms with Crippen molar-refractivity contribution in [3.8, 4) is 11.1 Å². The fourth-order valence-corrected chi connectivity index (χ4v) is 5.44. The van der Waals surface area contributed by atoms with E-state index in [1.165, 1.54) is 0 Å². The fourth-order valence-electron chi connectivity index (χ4n) is 5.13. The molecular formula is C28H28N3O10P. The number of carbonyl (C=O) groups is 3. The molecule has 1 saturated heterocycles. The van der Waals surface area contributed by atoms with Crippen molar-refractivity contribution in [2.75, 3.05) is 18.1 Å². The molecule has 4 heterocycles. The molecule has 2 aliphatic heterocycles. The predicted octanol–water partition coefficient (Wildman–Crippen LogP) is 3.33. The minimum Gasteiger partial charge on any atom is -0.422 e. The van der Waals surface area contributed by atoms with E-state index in [2.05, 4.69) is 4.98 Å². The van der Waals surface area contributed by atoms with Crippen molar-refractivity contribution in [2.24, 2.45) is 0 Å². The number of carbonyl (C=O) groups excluding carboxylic acids is 3. The van der Waals surface area contributed by atoms with Crippen molar-refractivity contribution < 1.29 is 42.5 Å². The van der Waals surface area contributed by atoms with Crippen molar-refractivity contribution in [3.63, 3.8) is 0 Å². The number of pyridine rings is 1. The molecule has 0 spiro atoms. The number of anilines is 1. The third-order valence-corrected chi connectivity index (χ3v) is 7.52. The van der Waals surface area contributed by atoms with Crippen LogP contribution in [0.5, 0.6) is 0 Å². The zero-order valence-electron chi connectivity index (χ0n) is 22.8. The van der Waals surface area contributed by atoms with E-state index in [9.17, 15) is 33.5 Å². The van der Waals surface area contributed by atoms with Gasteiger partial charge in [0.1, 0.15) is 5.58 Å². The Hall–Kier alpha value is -4.16. The Labute approximate surface area is 239 Å². The van der Waals surface area contributed by atoms with Crippen LogP contribution < -0.4 is 10.5 Å². The standard InChI is InChI=1S/C28H28N3O10P/c1-28(2)15-19(16-39-42(36,37)38)20-12-18-13-21(17-7-9-29-10-8-17)27(35)40-23(18)14-22(20)30(28)11-3-4-26(34)41-31-24(32)5-6-25(31)33/h7-10,12-15H,3-6,11,16H2,1-2H3,(H2,36,37,38). The lowest BCUT2D eigenvalue weighted by Crippen LogP contribution is -2.46. The molecule has 0 saturated carbocycles. The first kappa shape index (κ1) is 29.3. The van der Waals surface area contributed by atoms with Crippen LogP contribution in [-0.4, -0.2) is 56.3 Å². The molecule has 1 fully saturated rings. The van der Waals surface area contributed by atoms with E-state index in [1.807, 2.05) is 24.8 Å². The number of amides is 2. The average molecular weight is 598 g/mol. The number of rotatable bonds is 9. The predicted molar refractivity (Wildman–Crippen MR) is 150 cm³/mol. The van der Waals surface area contributed by atoms with Gasteiger partial charge in [0.25, 0.3) is 11.8 Å². The van der Waals surface area contributed by atoms with Crippen molar-refractivity contribution in [1.82, 2.24) is 10.0 Å². The number of hydroxylamine groups is 2. The topological polar surface area (TPSA) is 177 Å². The highest BCUT2D eigenvalue weighted by Gasteiger charge is 2.35. The zero-order valence-corrected chi connectivity index (χ0v) is 23.7. The number of phosphoric acid groups is 1. The molecule has 42 heavy (non-hydrogen) atoms. The first-order chi connectivity index (χ1) is 19.8. The molecule has 0 aliphatic carbocycles. The van der Waals surface area contributed by atoms with Gasteiger partial charge in [0.05, 0.1) is 17.7 Å². The van der Waals surface area contributed by atoms with E-state index < -0.39 is 36.8 Å². The smallest absolute Gasteiger partial charge is 0.422 e. The molecule has 2 N–H and O–H groups in total. The van der Waals surface area contributed by atoms with E-state index in [-0.39, 0.29) is 32.3 Å². The van der Waals surface area contributed by atoms with Gasteiger partial charge in [-0.25, -0.2) is 14.2 Å². The molecule has 14 heteroatoms. The van der Waals surface area contributed by atoms with Crippen molar-refractivity contribution in [2.45, 2.75) is 45.1 Å². The number of hydrogen-bond donors (Lipinski definition) is 2. The molecule has 5 rings (SSSR count). The summed E-state index contributed by atoms with van der Waals surface area (Å²) in [5.74, 6) is -1.85. The van der Waals surface area contributed by atoms with Gasteiger partial charge in [-0.05, 0) is 55.7 Å². The SMILES string of the molecule is CC1(C)C=C(COP(=O)(O)O)c2cc3cc(-c4ccncc4)c(=O)oc3cc2N1CCCC(=O)ON1C(=O)CCC1=O. The van der Waals surface area contributed by atoms with Gasteiger partial charge < -0.3 is 23.9 Å². The van der Waals surface area contributed by atoms with Crippen LogP contribution in [0, 0.1) is 0 Å². The Kier molecular flexibility index (Phi) is 7.86.